The van der Waals surface area contributed by atoms with Gasteiger partial charge >= 0.3 is 0 Å². The maximum Gasteiger partial charge on any atom is 0.248 e. The quantitative estimate of drug-likeness (QED) is 0.883. The van der Waals surface area contributed by atoms with Crippen molar-refractivity contribution in [1.29, 1.82) is 0 Å². The molecule has 0 bridgehead atoms. The van der Waals surface area contributed by atoms with Gasteiger partial charge in [-0.05, 0) is 18.1 Å². The first-order valence-corrected chi connectivity index (χ1v) is 7.48. The smallest absolute Gasteiger partial charge is 0.248 e. The summed E-state index contributed by atoms with van der Waals surface area (Å²) in [6.45, 7) is 5.36. The van der Waals surface area contributed by atoms with E-state index in [2.05, 4.69) is 17.0 Å². The molecule has 114 valence electrons. The summed E-state index contributed by atoms with van der Waals surface area (Å²) in [5, 5.41) is 10.3. The molecule has 5 nitrogen and oxygen atoms in total. The number of morpholine rings is 1. The number of hydrogen-bond donors (Lipinski definition) is 1. The van der Waals surface area contributed by atoms with E-state index in [-0.39, 0.29) is 18.6 Å². The van der Waals surface area contributed by atoms with E-state index in [1.165, 1.54) is 11.1 Å². The summed E-state index contributed by atoms with van der Waals surface area (Å²) in [6.07, 6.45) is -0.524. The highest BCUT2D eigenvalue weighted by atomic mass is 16.5. The van der Waals surface area contributed by atoms with E-state index in [0.717, 1.165) is 13.1 Å². The Kier molecular flexibility index (Phi) is 4.24. The highest BCUT2D eigenvalue weighted by molar-refractivity contribution is 5.78. The van der Waals surface area contributed by atoms with Crippen molar-refractivity contribution in [3.63, 3.8) is 0 Å². The van der Waals surface area contributed by atoms with Crippen LogP contribution in [0.1, 0.15) is 18.1 Å². The molecule has 21 heavy (non-hydrogen) atoms. The zero-order chi connectivity index (χ0) is 14.8. The Morgan fingerprint density at radius 2 is 1.95 bits per heavy atom. The largest absolute Gasteiger partial charge is 0.390 e. The lowest BCUT2D eigenvalue weighted by atomic mass is 10.1. The van der Waals surface area contributed by atoms with Crippen LogP contribution in [-0.4, -0.2) is 59.3 Å². The van der Waals surface area contributed by atoms with Gasteiger partial charge in [0.25, 0.3) is 0 Å². The Hall–Kier alpha value is -1.43. The maximum atomic E-state index is 11.8. The molecular formula is C16H22N2O3. The van der Waals surface area contributed by atoms with Crippen LogP contribution in [0.3, 0.4) is 0 Å². The van der Waals surface area contributed by atoms with Crippen LogP contribution in [-0.2, 0) is 22.6 Å². The summed E-state index contributed by atoms with van der Waals surface area (Å²) in [6, 6.07) is 8.40. The first-order valence-electron chi connectivity index (χ1n) is 7.48. The van der Waals surface area contributed by atoms with E-state index >= 15 is 0 Å². The van der Waals surface area contributed by atoms with Crippen LogP contribution >= 0.6 is 0 Å². The number of carbonyl (C=O) groups excluding carboxylic acids is 1. The molecule has 1 aromatic rings. The number of rotatable bonds is 4. The number of β-amino-alcohol motifs (C(OH)–C–C–N with tert-alkyl or cyclic N) is 1. The van der Waals surface area contributed by atoms with Crippen LogP contribution in [0, 0.1) is 0 Å². The second-order valence-electron chi connectivity index (χ2n) is 6.00. The van der Waals surface area contributed by atoms with Crippen molar-refractivity contribution in [1.82, 2.24) is 9.80 Å². The number of aliphatic hydroxyl groups is 1. The minimum absolute atomic E-state index is 0.0301. The molecule has 1 aromatic carbocycles. The van der Waals surface area contributed by atoms with Crippen LogP contribution in [0.4, 0.5) is 0 Å². The first-order chi connectivity index (χ1) is 10.1. The number of carbonyl (C=O) groups is 1. The van der Waals surface area contributed by atoms with E-state index in [1.807, 2.05) is 19.1 Å². The van der Waals surface area contributed by atoms with E-state index in [1.54, 1.807) is 4.90 Å². The fourth-order valence-corrected chi connectivity index (χ4v) is 3.13. The summed E-state index contributed by atoms with van der Waals surface area (Å²) >= 11 is 0. The fraction of sp³-hybridized carbons (Fsp3) is 0.562. The highest BCUT2D eigenvalue weighted by Gasteiger charge is 2.28. The van der Waals surface area contributed by atoms with Crippen molar-refractivity contribution in [2.75, 3.05) is 26.3 Å². The Morgan fingerprint density at radius 3 is 2.57 bits per heavy atom. The van der Waals surface area contributed by atoms with Gasteiger partial charge in [-0.25, -0.2) is 0 Å². The van der Waals surface area contributed by atoms with Crippen molar-refractivity contribution >= 4 is 5.91 Å². The van der Waals surface area contributed by atoms with Crippen LogP contribution in [0.2, 0.25) is 0 Å². The van der Waals surface area contributed by atoms with E-state index in [4.69, 9.17) is 4.74 Å². The third-order valence-corrected chi connectivity index (χ3v) is 4.22. The molecule has 0 saturated carbocycles. The lowest BCUT2D eigenvalue weighted by Crippen LogP contribution is -2.52. The monoisotopic (exact) mass is 290 g/mol. The van der Waals surface area contributed by atoms with Gasteiger partial charge in [0, 0.05) is 26.2 Å². The van der Waals surface area contributed by atoms with E-state index in [0.29, 0.717) is 19.7 Å². The number of aliphatic hydroxyl groups excluding tert-OH is 1. The summed E-state index contributed by atoms with van der Waals surface area (Å²) in [5.74, 6) is -0.0301. The summed E-state index contributed by atoms with van der Waals surface area (Å²) in [5.41, 5.74) is 2.67. The molecule has 0 spiro atoms. The van der Waals surface area contributed by atoms with Gasteiger partial charge in [0.2, 0.25) is 5.91 Å². The Morgan fingerprint density at radius 1 is 1.29 bits per heavy atom. The zero-order valence-electron chi connectivity index (χ0n) is 12.4. The number of benzene rings is 1. The van der Waals surface area contributed by atoms with Crippen molar-refractivity contribution < 1.29 is 14.6 Å². The molecule has 0 aromatic heterocycles. The number of ether oxygens (including phenoxy) is 1. The van der Waals surface area contributed by atoms with Crippen LogP contribution in [0.25, 0.3) is 0 Å². The van der Waals surface area contributed by atoms with Gasteiger partial charge < -0.3 is 14.7 Å². The van der Waals surface area contributed by atoms with Crippen LogP contribution < -0.4 is 0 Å². The SMILES string of the molecule is CC1COCC(=O)N1CC(O)CN1Cc2ccccc2C1. The second-order valence-corrected chi connectivity index (χ2v) is 6.00. The number of fused-ring (bicyclic) bond motifs is 1. The molecule has 2 aliphatic heterocycles. The maximum absolute atomic E-state index is 11.8. The minimum Gasteiger partial charge on any atom is -0.390 e. The molecule has 0 radical (unpaired) electrons. The predicted octanol–water partition coefficient (Wildman–Crippen LogP) is 0.610. The number of amides is 1. The van der Waals surface area contributed by atoms with Gasteiger partial charge in [0.1, 0.15) is 6.61 Å². The molecule has 2 heterocycles. The van der Waals surface area contributed by atoms with Crippen molar-refractivity contribution in [3.8, 4) is 0 Å². The molecule has 1 fully saturated rings. The molecule has 0 aliphatic carbocycles. The first kappa shape index (κ1) is 14.5. The summed E-state index contributed by atoms with van der Waals surface area (Å²) < 4.78 is 5.20. The normalized spacial score (nSPS) is 24.2. The molecule has 2 atom stereocenters. The second kappa shape index (κ2) is 6.13. The third-order valence-electron chi connectivity index (χ3n) is 4.22. The third kappa shape index (κ3) is 3.26. The molecule has 1 N–H and O–H groups in total. The zero-order valence-corrected chi connectivity index (χ0v) is 12.4. The lowest BCUT2D eigenvalue weighted by molar-refractivity contribution is -0.149. The van der Waals surface area contributed by atoms with E-state index in [9.17, 15) is 9.90 Å². The molecule has 5 heteroatoms. The molecular weight excluding hydrogens is 268 g/mol. The molecule has 3 rings (SSSR count). The van der Waals surface area contributed by atoms with Crippen molar-refractivity contribution in [2.45, 2.75) is 32.2 Å². The topological polar surface area (TPSA) is 53.0 Å². The summed E-state index contributed by atoms with van der Waals surface area (Å²) in [7, 11) is 0. The van der Waals surface area contributed by atoms with Gasteiger partial charge in [0.05, 0.1) is 18.8 Å². The molecule has 1 saturated heterocycles. The van der Waals surface area contributed by atoms with Gasteiger partial charge in [-0.15, -0.1) is 0 Å². The van der Waals surface area contributed by atoms with Crippen LogP contribution in [0.5, 0.6) is 0 Å². The Labute approximate surface area is 125 Å². The van der Waals surface area contributed by atoms with Crippen molar-refractivity contribution in [2.24, 2.45) is 0 Å². The highest BCUT2D eigenvalue weighted by Crippen LogP contribution is 2.22. The van der Waals surface area contributed by atoms with Crippen molar-refractivity contribution in [3.05, 3.63) is 35.4 Å². The number of nitrogens with zero attached hydrogens (tertiary/aromatic N) is 2. The van der Waals surface area contributed by atoms with Gasteiger partial charge in [-0.2, -0.15) is 0 Å². The molecule has 2 aliphatic rings. The Balaban J connectivity index is 1.53. The number of hydrogen-bond acceptors (Lipinski definition) is 4. The van der Waals surface area contributed by atoms with Gasteiger partial charge in [0.15, 0.2) is 0 Å². The standard InChI is InChI=1S/C16H22N2O3/c1-12-10-21-11-16(20)18(12)9-15(19)8-17-6-13-4-2-3-5-14(13)7-17/h2-5,12,15,19H,6-11H2,1H3. The van der Waals surface area contributed by atoms with Gasteiger partial charge in [-0.3, -0.25) is 9.69 Å². The molecule has 1 amide bonds. The van der Waals surface area contributed by atoms with E-state index < -0.39 is 6.10 Å². The minimum atomic E-state index is -0.524. The average Bonchev–Trinajstić information content (AvgIpc) is 2.85. The van der Waals surface area contributed by atoms with Crippen LogP contribution in [0.15, 0.2) is 24.3 Å². The van der Waals surface area contributed by atoms with Gasteiger partial charge in [-0.1, -0.05) is 24.3 Å². The predicted molar refractivity (Wildman–Crippen MR) is 78.6 cm³/mol. The lowest BCUT2D eigenvalue weighted by Gasteiger charge is -2.35. The molecule has 2 unspecified atom stereocenters. The Bertz CT molecular complexity index is 495. The summed E-state index contributed by atoms with van der Waals surface area (Å²) in [4.78, 5) is 15.8. The average molecular weight is 290 g/mol. The fourth-order valence-electron chi connectivity index (χ4n) is 3.13.